The van der Waals surface area contributed by atoms with E-state index in [1.54, 1.807) is 0 Å². The number of carbonyl (C=O) groups excluding carboxylic acids is 2. The minimum absolute atomic E-state index is 0.0238. The number of rotatable bonds is 3. The number of nitrogens with one attached hydrogen (secondary N) is 1. The number of hydrogen-bond donors (Lipinski definition) is 1. The van der Waals surface area contributed by atoms with Crippen LogP contribution in [0.4, 0.5) is 10.5 Å². The molecule has 1 aromatic carbocycles. The molecule has 0 spiro atoms. The summed E-state index contributed by atoms with van der Waals surface area (Å²) < 4.78 is 5.97. The quantitative estimate of drug-likeness (QED) is 0.905. The van der Waals surface area contributed by atoms with Crippen LogP contribution < -0.4 is 15.0 Å². The molecule has 0 unspecified atom stereocenters. The zero-order valence-electron chi connectivity index (χ0n) is 15.3. The fraction of sp³-hybridized carbons (Fsp3) is 0.600. The summed E-state index contributed by atoms with van der Waals surface area (Å²) in [6.45, 7) is 3.93. The van der Waals surface area contributed by atoms with Gasteiger partial charge in [-0.15, -0.1) is 0 Å². The summed E-state index contributed by atoms with van der Waals surface area (Å²) in [5.74, 6) is 0.986. The fourth-order valence-corrected chi connectivity index (χ4v) is 3.74. The number of fused-ring (bicyclic) bond motifs is 1. The van der Waals surface area contributed by atoms with Gasteiger partial charge in [0.25, 0.3) is 0 Å². The Balaban J connectivity index is 1.40. The summed E-state index contributed by atoms with van der Waals surface area (Å²) in [5.41, 5.74) is 0.843. The molecule has 2 heterocycles. The third-order valence-corrected chi connectivity index (χ3v) is 5.58. The van der Waals surface area contributed by atoms with Gasteiger partial charge in [0.1, 0.15) is 11.9 Å². The van der Waals surface area contributed by atoms with E-state index in [0.717, 1.165) is 43.5 Å². The third kappa shape index (κ3) is 3.50. The summed E-state index contributed by atoms with van der Waals surface area (Å²) in [5, 5.41) is 3.09. The Kier molecular flexibility index (Phi) is 4.74. The van der Waals surface area contributed by atoms with E-state index in [9.17, 15) is 9.59 Å². The normalized spacial score (nSPS) is 23.2. The number of piperidine rings is 1. The lowest BCUT2D eigenvalue weighted by Crippen LogP contribution is -2.52. The van der Waals surface area contributed by atoms with Gasteiger partial charge in [0.15, 0.2) is 0 Å². The molecule has 1 N–H and O–H groups in total. The van der Waals surface area contributed by atoms with Crippen molar-refractivity contribution in [1.29, 1.82) is 0 Å². The van der Waals surface area contributed by atoms with Crippen molar-refractivity contribution in [2.24, 2.45) is 5.92 Å². The lowest BCUT2D eigenvalue weighted by molar-refractivity contribution is -0.126. The molecule has 0 aromatic heterocycles. The van der Waals surface area contributed by atoms with Crippen molar-refractivity contribution in [3.63, 3.8) is 0 Å². The first kappa shape index (κ1) is 17.2. The molecular formula is C20H27N3O3. The van der Waals surface area contributed by atoms with Crippen molar-refractivity contribution < 1.29 is 14.3 Å². The Morgan fingerprint density at radius 3 is 2.58 bits per heavy atom. The van der Waals surface area contributed by atoms with Crippen molar-refractivity contribution in [3.8, 4) is 5.75 Å². The van der Waals surface area contributed by atoms with E-state index in [1.807, 2.05) is 34.1 Å². The van der Waals surface area contributed by atoms with E-state index in [2.05, 4.69) is 12.2 Å². The molecule has 140 valence electrons. The van der Waals surface area contributed by atoms with E-state index < -0.39 is 0 Å². The number of ether oxygens (including phenoxy) is 1. The van der Waals surface area contributed by atoms with Crippen LogP contribution in [0.1, 0.15) is 39.0 Å². The van der Waals surface area contributed by atoms with Gasteiger partial charge < -0.3 is 15.0 Å². The van der Waals surface area contributed by atoms with E-state index in [0.29, 0.717) is 25.7 Å². The SMILES string of the molecule is CC[C@H]1CN(C(=O)N2CCC(C(=O)NC3CC3)CC2)c2ccccc2O1. The van der Waals surface area contributed by atoms with E-state index in [4.69, 9.17) is 4.74 Å². The maximum Gasteiger partial charge on any atom is 0.324 e. The van der Waals surface area contributed by atoms with Crippen molar-refractivity contribution in [2.45, 2.75) is 51.2 Å². The van der Waals surface area contributed by atoms with Crippen molar-refractivity contribution in [2.75, 3.05) is 24.5 Å². The summed E-state index contributed by atoms with van der Waals surface area (Å²) in [4.78, 5) is 29.1. The van der Waals surface area contributed by atoms with Gasteiger partial charge in [-0.25, -0.2) is 4.79 Å². The fourth-order valence-electron chi connectivity index (χ4n) is 3.74. The second kappa shape index (κ2) is 7.17. The number of carbonyl (C=O) groups is 2. The number of amides is 3. The number of hydrogen-bond acceptors (Lipinski definition) is 3. The lowest BCUT2D eigenvalue weighted by Gasteiger charge is -2.39. The number of nitrogens with zero attached hydrogens (tertiary/aromatic N) is 2. The Bertz CT molecular complexity index is 681. The van der Waals surface area contributed by atoms with Crippen LogP contribution in [0.15, 0.2) is 24.3 Å². The smallest absolute Gasteiger partial charge is 0.324 e. The highest BCUT2D eigenvalue weighted by Gasteiger charge is 2.35. The van der Waals surface area contributed by atoms with Crippen LogP contribution in [-0.2, 0) is 4.79 Å². The molecule has 4 rings (SSSR count). The molecule has 1 saturated carbocycles. The average molecular weight is 357 g/mol. The second-order valence-electron chi connectivity index (χ2n) is 7.55. The standard InChI is InChI=1S/C20H27N3O3/c1-2-16-13-23(17-5-3-4-6-18(17)26-16)20(25)22-11-9-14(10-12-22)19(24)21-15-7-8-15/h3-6,14-16H,2,7-13H2,1H3,(H,21,24)/t16-/m0/s1. The van der Waals surface area contributed by atoms with E-state index >= 15 is 0 Å². The largest absolute Gasteiger partial charge is 0.486 e. The van der Waals surface area contributed by atoms with Gasteiger partial charge in [-0.2, -0.15) is 0 Å². The molecule has 1 saturated heterocycles. The number of anilines is 1. The average Bonchev–Trinajstić information content (AvgIpc) is 3.50. The van der Waals surface area contributed by atoms with Gasteiger partial charge in [-0.1, -0.05) is 19.1 Å². The Labute approximate surface area is 154 Å². The molecule has 0 radical (unpaired) electrons. The molecule has 2 fully saturated rings. The highest BCUT2D eigenvalue weighted by Crippen LogP contribution is 2.35. The lowest BCUT2D eigenvalue weighted by atomic mass is 9.96. The molecule has 6 nitrogen and oxygen atoms in total. The van der Waals surface area contributed by atoms with Crippen LogP contribution in [0.3, 0.4) is 0 Å². The molecule has 1 aliphatic carbocycles. The van der Waals surface area contributed by atoms with Gasteiger partial charge in [-0.05, 0) is 44.2 Å². The maximum atomic E-state index is 13.1. The summed E-state index contributed by atoms with van der Waals surface area (Å²) in [6, 6.07) is 8.16. The van der Waals surface area contributed by atoms with Crippen molar-refractivity contribution >= 4 is 17.6 Å². The molecule has 6 heteroatoms. The van der Waals surface area contributed by atoms with Gasteiger partial charge in [-0.3, -0.25) is 9.69 Å². The number of para-hydroxylation sites is 2. The zero-order valence-corrected chi connectivity index (χ0v) is 15.3. The van der Waals surface area contributed by atoms with E-state index in [1.165, 1.54) is 0 Å². The summed E-state index contributed by atoms with van der Waals surface area (Å²) >= 11 is 0. The van der Waals surface area contributed by atoms with Crippen LogP contribution in [0.2, 0.25) is 0 Å². The first-order valence-corrected chi connectivity index (χ1v) is 9.78. The van der Waals surface area contributed by atoms with Crippen LogP contribution in [-0.4, -0.2) is 48.6 Å². The molecule has 1 aromatic rings. The number of urea groups is 1. The van der Waals surface area contributed by atoms with Crippen LogP contribution in [0, 0.1) is 5.92 Å². The molecular weight excluding hydrogens is 330 g/mol. The van der Waals surface area contributed by atoms with Crippen LogP contribution in [0.5, 0.6) is 5.75 Å². The van der Waals surface area contributed by atoms with E-state index in [-0.39, 0.29) is 24.0 Å². The van der Waals surface area contributed by atoms with Crippen LogP contribution in [0.25, 0.3) is 0 Å². The molecule has 26 heavy (non-hydrogen) atoms. The van der Waals surface area contributed by atoms with Crippen molar-refractivity contribution in [1.82, 2.24) is 10.2 Å². The van der Waals surface area contributed by atoms with Crippen molar-refractivity contribution in [3.05, 3.63) is 24.3 Å². The number of benzene rings is 1. The third-order valence-electron chi connectivity index (χ3n) is 5.58. The molecule has 1 atom stereocenters. The Morgan fingerprint density at radius 1 is 1.15 bits per heavy atom. The van der Waals surface area contributed by atoms with Gasteiger partial charge in [0, 0.05) is 25.0 Å². The Hall–Kier alpha value is -2.24. The minimum Gasteiger partial charge on any atom is -0.486 e. The Morgan fingerprint density at radius 2 is 1.88 bits per heavy atom. The van der Waals surface area contributed by atoms with Crippen LogP contribution >= 0.6 is 0 Å². The number of likely N-dealkylation sites (tertiary alicyclic amines) is 1. The summed E-state index contributed by atoms with van der Waals surface area (Å²) in [6.07, 6.45) is 4.59. The highest BCUT2D eigenvalue weighted by molar-refractivity contribution is 5.94. The monoisotopic (exact) mass is 357 g/mol. The highest BCUT2D eigenvalue weighted by atomic mass is 16.5. The zero-order chi connectivity index (χ0) is 18.1. The van der Waals surface area contributed by atoms with Gasteiger partial charge in [0.05, 0.1) is 12.2 Å². The molecule has 2 aliphatic heterocycles. The predicted octanol–water partition coefficient (Wildman–Crippen LogP) is 2.77. The van der Waals surface area contributed by atoms with Gasteiger partial charge >= 0.3 is 6.03 Å². The topological polar surface area (TPSA) is 61.9 Å². The predicted molar refractivity (Wildman–Crippen MR) is 99.4 cm³/mol. The molecule has 0 bridgehead atoms. The first-order chi connectivity index (χ1) is 12.7. The first-order valence-electron chi connectivity index (χ1n) is 9.78. The van der Waals surface area contributed by atoms with Gasteiger partial charge in [0.2, 0.25) is 5.91 Å². The summed E-state index contributed by atoms with van der Waals surface area (Å²) in [7, 11) is 0. The maximum absolute atomic E-state index is 13.1. The molecule has 3 amide bonds. The molecule has 3 aliphatic rings. The minimum atomic E-state index is 0.0238. The second-order valence-corrected chi connectivity index (χ2v) is 7.55.